The number of amides is 1. The molecule has 0 atom stereocenters. The minimum atomic E-state index is -0.444. The fourth-order valence-electron chi connectivity index (χ4n) is 3.09. The van der Waals surface area contributed by atoms with E-state index >= 15 is 0 Å². The van der Waals surface area contributed by atoms with Crippen LogP contribution >= 0.6 is 0 Å². The molecular weight excluding hydrogens is 344 g/mol. The lowest BCUT2D eigenvalue weighted by molar-refractivity contribution is 0.0600. The Balaban J connectivity index is 1.70. The van der Waals surface area contributed by atoms with Gasteiger partial charge in [-0.15, -0.1) is 0 Å². The number of nitrogens with zero attached hydrogens (tertiary/aromatic N) is 3. The predicted molar refractivity (Wildman–Crippen MR) is 104 cm³/mol. The highest BCUT2D eigenvalue weighted by Crippen LogP contribution is 2.18. The van der Waals surface area contributed by atoms with Gasteiger partial charge in [-0.3, -0.25) is 9.78 Å². The fraction of sp³-hybridized carbons (Fsp3) is 0.350. The molecule has 0 unspecified atom stereocenters. The van der Waals surface area contributed by atoms with Crippen LogP contribution in [-0.2, 0) is 4.74 Å². The molecule has 2 heterocycles. The summed E-state index contributed by atoms with van der Waals surface area (Å²) in [6.07, 6.45) is 3.33. The molecular formula is C20H24N4O3. The molecule has 1 aliphatic rings. The van der Waals surface area contributed by atoms with E-state index in [1.165, 1.54) is 7.11 Å². The van der Waals surface area contributed by atoms with Gasteiger partial charge in [-0.2, -0.15) is 0 Å². The standard InChI is InChI=1S/C20H24N4O3/c1-3-23-7-9-24(10-8-23)18-12-16(13-21-14-18)19(25)22-17-6-4-5-15(11-17)20(26)27-2/h4-6,11-14H,3,7-10H2,1-2H3,(H,22,25). The Morgan fingerprint density at radius 1 is 1.11 bits per heavy atom. The number of nitrogens with one attached hydrogen (secondary N) is 1. The van der Waals surface area contributed by atoms with E-state index in [9.17, 15) is 9.59 Å². The van der Waals surface area contributed by atoms with Gasteiger partial charge in [0.1, 0.15) is 0 Å². The maximum absolute atomic E-state index is 12.6. The minimum absolute atomic E-state index is 0.265. The Hall–Kier alpha value is -2.93. The van der Waals surface area contributed by atoms with E-state index < -0.39 is 5.97 Å². The van der Waals surface area contributed by atoms with Crippen molar-refractivity contribution in [3.8, 4) is 0 Å². The summed E-state index contributed by atoms with van der Waals surface area (Å²) < 4.78 is 4.71. The van der Waals surface area contributed by atoms with Gasteiger partial charge in [-0.05, 0) is 30.8 Å². The van der Waals surface area contributed by atoms with E-state index in [1.807, 2.05) is 6.07 Å². The molecule has 1 N–H and O–H groups in total. The average molecular weight is 368 g/mol. The lowest BCUT2D eigenvalue weighted by atomic mass is 10.2. The molecule has 1 amide bonds. The molecule has 27 heavy (non-hydrogen) atoms. The molecule has 3 rings (SSSR count). The summed E-state index contributed by atoms with van der Waals surface area (Å²) in [5.74, 6) is -0.709. The highest BCUT2D eigenvalue weighted by molar-refractivity contribution is 6.05. The molecule has 7 nitrogen and oxygen atoms in total. The van der Waals surface area contributed by atoms with E-state index in [4.69, 9.17) is 4.74 Å². The van der Waals surface area contributed by atoms with Crippen molar-refractivity contribution in [2.45, 2.75) is 6.92 Å². The first kappa shape index (κ1) is 18.8. The maximum atomic E-state index is 12.6. The van der Waals surface area contributed by atoms with Crippen LogP contribution in [0.3, 0.4) is 0 Å². The van der Waals surface area contributed by atoms with Crippen LogP contribution in [-0.4, -0.2) is 61.6 Å². The monoisotopic (exact) mass is 368 g/mol. The smallest absolute Gasteiger partial charge is 0.337 e. The van der Waals surface area contributed by atoms with Crippen LogP contribution in [0.2, 0.25) is 0 Å². The van der Waals surface area contributed by atoms with Crippen molar-refractivity contribution in [2.75, 3.05) is 50.1 Å². The number of methoxy groups -OCH3 is 1. The number of aromatic nitrogens is 1. The third-order valence-electron chi connectivity index (χ3n) is 4.71. The summed E-state index contributed by atoms with van der Waals surface area (Å²) in [5.41, 5.74) is 2.34. The van der Waals surface area contributed by atoms with Gasteiger partial charge >= 0.3 is 5.97 Å². The van der Waals surface area contributed by atoms with Crippen LogP contribution in [0.15, 0.2) is 42.7 Å². The summed E-state index contributed by atoms with van der Waals surface area (Å²) in [4.78, 5) is 33.1. The molecule has 0 spiro atoms. The number of benzene rings is 1. The zero-order chi connectivity index (χ0) is 19.2. The second-order valence-electron chi connectivity index (χ2n) is 6.38. The van der Waals surface area contributed by atoms with Crippen LogP contribution in [0.25, 0.3) is 0 Å². The molecule has 0 bridgehead atoms. The molecule has 0 radical (unpaired) electrons. The second kappa shape index (κ2) is 8.64. The highest BCUT2D eigenvalue weighted by Gasteiger charge is 2.17. The largest absolute Gasteiger partial charge is 0.465 e. The van der Waals surface area contributed by atoms with Gasteiger partial charge in [0, 0.05) is 38.1 Å². The molecule has 1 saturated heterocycles. The van der Waals surface area contributed by atoms with Crippen molar-refractivity contribution >= 4 is 23.3 Å². The zero-order valence-electron chi connectivity index (χ0n) is 15.6. The number of likely N-dealkylation sites (N-methyl/N-ethyl adjacent to an activating group) is 1. The molecule has 142 valence electrons. The van der Waals surface area contributed by atoms with Gasteiger partial charge in [0.05, 0.1) is 30.1 Å². The Morgan fingerprint density at radius 3 is 2.59 bits per heavy atom. The molecule has 1 aromatic heterocycles. The maximum Gasteiger partial charge on any atom is 0.337 e. The van der Waals surface area contributed by atoms with Crippen molar-refractivity contribution in [2.24, 2.45) is 0 Å². The number of piperazine rings is 1. The number of carbonyl (C=O) groups is 2. The van der Waals surface area contributed by atoms with Crippen molar-refractivity contribution in [1.29, 1.82) is 0 Å². The minimum Gasteiger partial charge on any atom is -0.465 e. The number of esters is 1. The Bertz CT molecular complexity index is 816. The molecule has 0 aliphatic carbocycles. The normalized spacial score (nSPS) is 14.7. The van der Waals surface area contributed by atoms with Gasteiger partial charge in [-0.25, -0.2) is 4.79 Å². The first-order chi connectivity index (χ1) is 13.1. The van der Waals surface area contributed by atoms with Gasteiger partial charge in [0.25, 0.3) is 5.91 Å². The SMILES string of the molecule is CCN1CCN(c2cncc(C(=O)Nc3cccc(C(=O)OC)c3)c2)CC1. The molecule has 1 aliphatic heterocycles. The summed E-state index contributed by atoms with van der Waals surface area (Å²) in [6.45, 7) is 7.07. The average Bonchev–Trinajstić information content (AvgIpc) is 2.73. The topological polar surface area (TPSA) is 74.8 Å². The predicted octanol–water partition coefficient (Wildman–Crippen LogP) is 2.26. The van der Waals surface area contributed by atoms with Crippen molar-refractivity contribution in [1.82, 2.24) is 9.88 Å². The number of hydrogen-bond donors (Lipinski definition) is 1. The summed E-state index contributed by atoms with van der Waals surface area (Å²) in [5, 5.41) is 2.81. The lowest BCUT2D eigenvalue weighted by Gasteiger charge is -2.35. The van der Waals surface area contributed by atoms with Crippen LogP contribution in [0.1, 0.15) is 27.6 Å². The van der Waals surface area contributed by atoms with Crippen molar-refractivity contribution < 1.29 is 14.3 Å². The van der Waals surface area contributed by atoms with Gasteiger partial charge < -0.3 is 19.9 Å². The quantitative estimate of drug-likeness (QED) is 0.816. The van der Waals surface area contributed by atoms with E-state index in [0.29, 0.717) is 16.8 Å². The summed E-state index contributed by atoms with van der Waals surface area (Å²) >= 11 is 0. The first-order valence-electron chi connectivity index (χ1n) is 9.02. The number of rotatable bonds is 5. The van der Waals surface area contributed by atoms with Gasteiger partial charge in [0.15, 0.2) is 0 Å². The Labute approximate surface area is 158 Å². The first-order valence-corrected chi connectivity index (χ1v) is 9.02. The van der Waals surface area contributed by atoms with Crippen molar-refractivity contribution in [3.05, 3.63) is 53.9 Å². The van der Waals surface area contributed by atoms with Crippen LogP contribution < -0.4 is 10.2 Å². The highest BCUT2D eigenvalue weighted by atomic mass is 16.5. The summed E-state index contributed by atoms with van der Waals surface area (Å²) in [7, 11) is 1.32. The van der Waals surface area contributed by atoms with E-state index in [1.54, 1.807) is 36.7 Å². The fourth-order valence-corrected chi connectivity index (χ4v) is 3.09. The summed E-state index contributed by atoms with van der Waals surface area (Å²) in [6, 6.07) is 8.51. The number of carbonyl (C=O) groups excluding carboxylic acids is 2. The van der Waals surface area contributed by atoms with Crippen molar-refractivity contribution in [3.63, 3.8) is 0 Å². The van der Waals surface area contributed by atoms with Gasteiger partial charge in [0.2, 0.25) is 0 Å². The molecule has 0 saturated carbocycles. The van der Waals surface area contributed by atoms with E-state index in [-0.39, 0.29) is 5.91 Å². The lowest BCUT2D eigenvalue weighted by Crippen LogP contribution is -2.46. The van der Waals surface area contributed by atoms with Gasteiger partial charge in [-0.1, -0.05) is 13.0 Å². The molecule has 1 aromatic carbocycles. The number of ether oxygens (including phenoxy) is 1. The third kappa shape index (κ3) is 4.62. The number of pyridine rings is 1. The molecule has 7 heteroatoms. The van der Waals surface area contributed by atoms with Crippen LogP contribution in [0, 0.1) is 0 Å². The molecule has 2 aromatic rings. The zero-order valence-corrected chi connectivity index (χ0v) is 15.6. The third-order valence-corrected chi connectivity index (χ3v) is 4.71. The Kier molecular flexibility index (Phi) is 6.03. The number of hydrogen-bond acceptors (Lipinski definition) is 6. The Morgan fingerprint density at radius 2 is 1.89 bits per heavy atom. The van der Waals surface area contributed by atoms with Crippen LogP contribution in [0.5, 0.6) is 0 Å². The van der Waals surface area contributed by atoms with Crippen LogP contribution in [0.4, 0.5) is 11.4 Å². The van der Waals surface area contributed by atoms with E-state index in [2.05, 4.69) is 27.0 Å². The van der Waals surface area contributed by atoms with E-state index in [0.717, 1.165) is 38.4 Å². The molecule has 1 fully saturated rings. The number of anilines is 2. The second-order valence-corrected chi connectivity index (χ2v) is 6.38.